The first-order valence-electron chi connectivity index (χ1n) is 5.62. The Hall–Kier alpha value is -2.27. The molecule has 0 saturated heterocycles. The molecule has 1 rings (SSSR count). The standard InChI is InChI=1S/C11H14N4O3/c1-2-3-7-11(13-14-12)18-10-6-4-5-9(8-10)15(16)17/h4-6,8,11H,2-3,7H2,1H3. The highest BCUT2D eigenvalue weighted by Crippen LogP contribution is 2.21. The molecule has 0 N–H and O–H groups in total. The highest BCUT2D eigenvalue weighted by atomic mass is 16.6. The summed E-state index contributed by atoms with van der Waals surface area (Å²) in [5.41, 5.74) is 8.37. The second kappa shape index (κ2) is 7.13. The molecule has 0 amide bonds. The van der Waals surface area contributed by atoms with Crippen LogP contribution in [0.15, 0.2) is 29.4 Å². The minimum atomic E-state index is -0.628. The summed E-state index contributed by atoms with van der Waals surface area (Å²) in [6.07, 6.45) is 1.77. The van der Waals surface area contributed by atoms with Crippen LogP contribution in [0.5, 0.6) is 5.75 Å². The van der Waals surface area contributed by atoms with Crippen LogP contribution < -0.4 is 4.74 Å². The van der Waals surface area contributed by atoms with Gasteiger partial charge in [-0.3, -0.25) is 10.1 Å². The van der Waals surface area contributed by atoms with Crippen LogP contribution in [0.2, 0.25) is 0 Å². The van der Waals surface area contributed by atoms with Crippen molar-refractivity contribution in [3.8, 4) is 5.75 Å². The Morgan fingerprint density at radius 3 is 3.00 bits per heavy atom. The van der Waals surface area contributed by atoms with E-state index in [2.05, 4.69) is 10.0 Å². The van der Waals surface area contributed by atoms with Crippen molar-refractivity contribution < 1.29 is 9.66 Å². The molecule has 0 aromatic heterocycles. The van der Waals surface area contributed by atoms with E-state index in [0.29, 0.717) is 12.2 Å². The van der Waals surface area contributed by atoms with Crippen molar-refractivity contribution in [3.05, 3.63) is 44.8 Å². The highest BCUT2D eigenvalue weighted by Gasteiger charge is 2.11. The van der Waals surface area contributed by atoms with Crippen LogP contribution in [0.4, 0.5) is 5.69 Å². The second-order valence-corrected chi connectivity index (χ2v) is 3.67. The van der Waals surface area contributed by atoms with Crippen LogP contribution in [-0.4, -0.2) is 11.2 Å². The fourth-order valence-corrected chi connectivity index (χ4v) is 1.40. The van der Waals surface area contributed by atoms with E-state index in [0.717, 1.165) is 12.8 Å². The lowest BCUT2D eigenvalue weighted by atomic mass is 10.2. The maximum atomic E-state index is 10.6. The van der Waals surface area contributed by atoms with Gasteiger partial charge < -0.3 is 4.74 Å². The van der Waals surface area contributed by atoms with Gasteiger partial charge in [0.15, 0.2) is 6.23 Å². The number of rotatable bonds is 7. The molecule has 96 valence electrons. The van der Waals surface area contributed by atoms with Gasteiger partial charge in [0.1, 0.15) is 5.75 Å². The minimum absolute atomic E-state index is 0.0531. The molecule has 0 heterocycles. The molecule has 1 aromatic rings. The number of unbranched alkanes of at least 4 members (excludes halogenated alkanes) is 1. The first kappa shape index (κ1) is 13.8. The van der Waals surface area contributed by atoms with Crippen LogP contribution in [0.3, 0.4) is 0 Å². The van der Waals surface area contributed by atoms with Crippen molar-refractivity contribution in [2.45, 2.75) is 32.4 Å². The fourth-order valence-electron chi connectivity index (χ4n) is 1.40. The molecule has 0 radical (unpaired) electrons. The lowest BCUT2D eigenvalue weighted by Crippen LogP contribution is -2.12. The third-order valence-corrected chi connectivity index (χ3v) is 2.29. The topological polar surface area (TPSA) is 101 Å². The van der Waals surface area contributed by atoms with E-state index < -0.39 is 11.2 Å². The Bertz CT molecular complexity index is 457. The molecule has 7 heteroatoms. The zero-order valence-electron chi connectivity index (χ0n) is 10.0. The van der Waals surface area contributed by atoms with Gasteiger partial charge in [-0.05, 0) is 29.6 Å². The van der Waals surface area contributed by atoms with E-state index in [1.807, 2.05) is 6.92 Å². The van der Waals surface area contributed by atoms with E-state index in [4.69, 9.17) is 10.3 Å². The number of nitro groups is 1. The number of nitro benzene ring substituents is 1. The second-order valence-electron chi connectivity index (χ2n) is 3.67. The van der Waals surface area contributed by atoms with Crippen molar-refractivity contribution in [3.63, 3.8) is 0 Å². The zero-order valence-corrected chi connectivity index (χ0v) is 10.0. The minimum Gasteiger partial charge on any atom is -0.484 e. The Balaban J connectivity index is 2.76. The maximum Gasteiger partial charge on any atom is 0.273 e. The lowest BCUT2D eigenvalue weighted by molar-refractivity contribution is -0.384. The Morgan fingerprint density at radius 2 is 2.39 bits per heavy atom. The molecule has 0 bridgehead atoms. The normalized spacial score (nSPS) is 11.4. The number of ether oxygens (including phenoxy) is 1. The van der Waals surface area contributed by atoms with Gasteiger partial charge in [0.05, 0.1) is 11.0 Å². The molecular formula is C11H14N4O3. The zero-order chi connectivity index (χ0) is 13.4. The summed E-state index contributed by atoms with van der Waals surface area (Å²) in [7, 11) is 0. The summed E-state index contributed by atoms with van der Waals surface area (Å²) in [5.74, 6) is 0.331. The molecule has 0 aliphatic heterocycles. The first-order chi connectivity index (χ1) is 8.67. The number of hydrogen-bond donors (Lipinski definition) is 0. The van der Waals surface area contributed by atoms with Crippen molar-refractivity contribution in [1.29, 1.82) is 0 Å². The van der Waals surface area contributed by atoms with Gasteiger partial charge in [0.25, 0.3) is 5.69 Å². The van der Waals surface area contributed by atoms with Crippen molar-refractivity contribution in [2.75, 3.05) is 0 Å². The molecule has 0 aliphatic carbocycles. The van der Waals surface area contributed by atoms with Gasteiger partial charge >= 0.3 is 0 Å². The molecule has 1 unspecified atom stereocenters. The third kappa shape index (κ3) is 4.31. The maximum absolute atomic E-state index is 10.6. The largest absolute Gasteiger partial charge is 0.484 e. The average Bonchev–Trinajstić information content (AvgIpc) is 2.36. The summed E-state index contributed by atoms with van der Waals surface area (Å²) in [6, 6.07) is 5.81. The predicted molar refractivity (Wildman–Crippen MR) is 66.2 cm³/mol. The number of azide groups is 1. The van der Waals surface area contributed by atoms with Crippen LogP contribution in [0.25, 0.3) is 10.4 Å². The van der Waals surface area contributed by atoms with Crippen molar-refractivity contribution in [2.24, 2.45) is 5.11 Å². The lowest BCUT2D eigenvalue weighted by Gasteiger charge is -2.13. The van der Waals surface area contributed by atoms with Crippen LogP contribution in [0, 0.1) is 10.1 Å². The van der Waals surface area contributed by atoms with Gasteiger partial charge in [-0.15, -0.1) is 0 Å². The third-order valence-electron chi connectivity index (χ3n) is 2.29. The van der Waals surface area contributed by atoms with E-state index in [1.54, 1.807) is 6.07 Å². The van der Waals surface area contributed by atoms with E-state index in [-0.39, 0.29) is 5.69 Å². The Kier molecular flexibility index (Phi) is 5.47. The van der Waals surface area contributed by atoms with Crippen LogP contribution >= 0.6 is 0 Å². The molecule has 0 fully saturated rings. The number of hydrogen-bond acceptors (Lipinski definition) is 4. The van der Waals surface area contributed by atoms with E-state index in [1.165, 1.54) is 18.2 Å². The molecule has 0 spiro atoms. The summed E-state index contributed by atoms with van der Waals surface area (Å²) in [6.45, 7) is 2.01. The SMILES string of the molecule is CCCCC(N=[N+]=[N-])Oc1cccc([N+](=O)[O-])c1. The number of non-ortho nitro benzene ring substituents is 1. The Morgan fingerprint density at radius 1 is 1.61 bits per heavy atom. The first-order valence-corrected chi connectivity index (χ1v) is 5.62. The monoisotopic (exact) mass is 250 g/mol. The van der Waals surface area contributed by atoms with Gasteiger partial charge in [0, 0.05) is 11.0 Å². The smallest absolute Gasteiger partial charge is 0.273 e. The summed E-state index contributed by atoms with van der Waals surface area (Å²) in [4.78, 5) is 12.8. The quantitative estimate of drug-likeness (QED) is 0.242. The van der Waals surface area contributed by atoms with Gasteiger partial charge in [0.2, 0.25) is 0 Å². The fraction of sp³-hybridized carbons (Fsp3) is 0.455. The Labute approximate surface area is 104 Å². The summed E-state index contributed by atoms with van der Waals surface area (Å²) in [5, 5.41) is 14.1. The molecule has 1 atom stereocenters. The van der Waals surface area contributed by atoms with Gasteiger partial charge in [-0.1, -0.05) is 19.4 Å². The van der Waals surface area contributed by atoms with Crippen LogP contribution in [0.1, 0.15) is 26.2 Å². The van der Waals surface area contributed by atoms with E-state index in [9.17, 15) is 10.1 Å². The average molecular weight is 250 g/mol. The van der Waals surface area contributed by atoms with Crippen molar-refractivity contribution >= 4 is 5.69 Å². The molecule has 0 aliphatic rings. The molecule has 18 heavy (non-hydrogen) atoms. The predicted octanol–water partition coefficient (Wildman–Crippen LogP) is 3.80. The highest BCUT2D eigenvalue weighted by molar-refractivity contribution is 5.38. The van der Waals surface area contributed by atoms with Crippen molar-refractivity contribution in [1.82, 2.24) is 0 Å². The van der Waals surface area contributed by atoms with Gasteiger partial charge in [-0.25, -0.2) is 0 Å². The summed E-state index contributed by atoms with van der Waals surface area (Å²) >= 11 is 0. The molecular weight excluding hydrogens is 236 g/mol. The van der Waals surface area contributed by atoms with Gasteiger partial charge in [-0.2, -0.15) is 0 Å². The van der Waals surface area contributed by atoms with E-state index >= 15 is 0 Å². The summed E-state index contributed by atoms with van der Waals surface area (Å²) < 4.78 is 5.42. The molecule has 0 saturated carbocycles. The number of nitrogens with zero attached hydrogens (tertiary/aromatic N) is 4. The molecule has 1 aromatic carbocycles. The van der Waals surface area contributed by atoms with Crippen LogP contribution in [-0.2, 0) is 0 Å². The number of benzene rings is 1. The molecule has 7 nitrogen and oxygen atoms in total.